The first kappa shape index (κ1) is 9.71. The largest absolute Gasteiger partial charge is 0.469 e. The number of hydrogen-bond acceptors (Lipinski definition) is 2. The zero-order chi connectivity index (χ0) is 10.5. The molecule has 2 heteroatoms. The van der Waals surface area contributed by atoms with Crippen LogP contribution in [0.1, 0.15) is 23.7 Å². The molecule has 0 amide bonds. The zero-order valence-corrected chi connectivity index (χ0v) is 8.30. The Hall–Kier alpha value is -1.83. The van der Waals surface area contributed by atoms with E-state index in [9.17, 15) is 4.79 Å². The smallest absolute Gasteiger partial charge is 0.121 e. The fourth-order valence-electron chi connectivity index (χ4n) is 1.69. The van der Waals surface area contributed by atoms with Crippen LogP contribution < -0.4 is 0 Å². The molecule has 2 rings (SSSR count). The number of carbonyl (C=O) groups excluding carboxylic acids is 1. The second kappa shape index (κ2) is 4.60. The topological polar surface area (TPSA) is 30.2 Å². The van der Waals surface area contributed by atoms with Crippen LogP contribution in [0.4, 0.5) is 0 Å². The van der Waals surface area contributed by atoms with E-state index in [1.54, 1.807) is 6.26 Å². The van der Waals surface area contributed by atoms with Gasteiger partial charge in [-0.15, -0.1) is 0 Å². The van der Waals surface area contributed by atoms with Gasteiger partial charge in [0, 0.05) is 12.3 Å². The van der Waals surface area contributed by atoms with E-state index >= 15 is 0 Å². The van der Waals surface area contributed by atoms with Crippen molar-refractivity contribution in [1.29, 1.82) is 0 Å². The predicted molar refractivity (Wildman–Crippen MR) is 57.7 cm³/mol. The van der Waals surface area contributed by atoms with Crippen molar-refractivity contribution in [2.75, 3.05) is 0 Å². The third-order valence-corrected chi connectivity index (χ3v) is 2.42. The molecule has 2 nitrogen and oxygen atoms in total. The van der Waals surface area contributed by atoms with Crippen LogP contribution in [0.25, 0.3) is 0 Å². The van der Waals surface area contributed by atoms with Gasteiger partial charge in [-0.3, -0.25) is 0 Å². The van der Waals surface area contributed by atoms with Crippen molar-refractivity contribution in [2.24, 2.45) is 0 Å². The Morgan fingerprint density at radius 2 is 1.93 bits per heavy atom. The molecule has 0 radical (unpaired) electrons. The summed E-state index contributed by atoms with van der Waals surface area (Å²) in [6, 6.07) is 13.7. The molecule has 0 fully saturated rings. The minimum absolute atomic E-state index is 0.0405. The summed E-state index contributed by atoms with van der Waals surface area (Å²) in [5.41, 5.74) is 1.11. The number of hydrogen-bond donors (Lipinski definition) is 0. The minimum atomic E-state index is 0.0405. The first-order chi connectivity index (χ1) is 7.42. The van der Waals surface area contributed by atoms with Crippen LogP contribution in [0.2, 0.25) is 0 Å². The maximum absolute atomic E-state index is 10.6. The summed E-state index contributed by atoms with van der Waals surface area (Å²) in [6.45, 7) is 0. The Morgan fingerprint density at radius 1 is 1.13 bits per heavy atom. The molecule has 1 atom stereocenters. The van der Waals surface area contributed by atoms with Crippen molar-refractivity contribution in [3.8, 4) is 0 Å². The van der Waals surface area contributed by atoms with Gasteiger partial charge in [-0.25, -0.2) is 0 Å². The fraction of sp³-hybridized carbons (Fsp3) is 0.154. The highest BCUT2D eigenvalue weighted by Gasteiger charge is 2.15. The summed E-state index contributed by atoms with van der Waals surface area (Å²) in [6.07, 6.45) is 3.02. The number of benzene rings is 1. The molecule has 1 heterocycles. The molecular formula is C13H12O2. The molecule has 0 bridgehead atoms. The maximum atomic E-state index is 10.6. The monoisotopic (exact) mass is 200 g/mol. The molecule has 0 N–H and O–H groups in total. The van der Waals surface area contributed by atoms with Gasteiger partial charge in [-0.2, -0.15) is 0 Å². The van der Waals surface area contributed by atoms with Gasteiger partial charge < -0.3 is 9.21 Å². The van der Waals surface area contributed by atoms with E-state index in [2.05, 4.69) is 0 Å². The predicted octanol–water partition coefficient (Wildman–Crippen LogP) is 3.00. The maximum Gasteiger partial charge on any atom is 0.121 e. The second-order valence-electron chi connectivity index (χ2n) is 3.38. The van der Waals surface area contributed by atoms with Crippen molar-refractivity contribution >= 4 is 6.29 Å². The normalized spacial score (nSPS) is 12.3. The van der Waals surface area contributed by atoms with E-state index < -0.39 is 0 Å². The van der Waals surface area contributed by atoms with Crippen LogP contribution in [-0.2, 0) is 4.79 Å². The Labute approximate surface area is 88.5 Å². The van der Waals surface area contributed by atoms with E-state index in [0.29, 0.717) is 6.42 Å². The van der Waals surface area contributed by atoms with E-state index in [1.807, 2.05) is 42.5 Å². The summed E-state index contributed by atoms with van der Waals surface area (Å²) < 4.78 is 5.34. The third kappa shape index (κ3) is 2.15. The Kier molecular flexibility index (Phi) is 2.98. The standard InChI is InChI=1S/C13H12O2/c14-9-8-12(13-7-4-10-15-13)11-5-2-1-3-6-11/h1-7,9-10,12H,8H2/t12-/m1/s1. The molecule has 0 spiro atoms. The van der Waals surface area contributed by atoms with Crippen LogP contribution in [0, 0.1) is 0 Å². The molecule has 0 aliphatic carbocycles. The van der Waals surface area contributed by atoms with Crippen molar-refractivity contribution in [3.63, 3.8) is 0 Å². The Balaban J connectivity index is 2.32. The Bertz CT molecular complexity index is 403. The number of aldehydes is 1. The molecule has 1 aromatic heterocycles. The summed E-state index contributed by atoms with van der Waals surface area (Å²) in [7, 11) is 0. The molecule has 0 aliphatic heterocycles. The third-order valence-electron chi connectivity index (χ3n) is 2.42. The van der Waals surface area contributed by atoms with E-state index in [0.717, 1.165) is 17.6 Å². The van der Waals surface area contributed by atoms with Gasteiger partial charge >= 0.3 is 0 Å². The molecule has 1 aromatic carbocycles. The van der Waals surface area contributed by atoms with Crippen LogP contribution in [-0.4, -0.2) is 6.29 Å². The summed E-state index contributed by atoms with van der Waals surface area (Å²) in [5, 5.41) is 0. The van der Waals surface area contributed by atoms with Gasteiger partial charge in [0.15, 0.2) is 0 Å². The summed E-state index contributed by atoms with van der Waals surface area (Å²) in [4.78, 5) is 10.6. The first-order valence-electron chi connectivity index (χ1n) is 4.94. The van der Waals surface area contributed by atoms with Crippen LogP contribution >= 0.6 is 0 Å². The second-order valence-corrected chi connectivity index (χ2v) is 3.38. The van der Waals surface area contributed by atoms with Gasteiger partial charge in [0.1, 0.15) is 12.0 Å². The molecule has 0 saturated heterocycles. The van der Waals surface area contributed by atoms with Gasteiger partial charge in [-0.1, -0.05) is 30.3 Å². The van der Waals surface area contributed by atoms with E-state index in [1.165, 1.54) is 0 Å². The summed E-state index contributed by atoms with van der Waals surface area (Å²) >= 11 is 0. The lowest BCUT2D eigenvalue weighted by molar-refractivity contribution is -0.108. The first-order valence-corrected chi connectivity index (χ1v) is 4.94. The highest BCUT2D eigenvalue weighted by Crippen LogP contribution is 2.27. The van der Waals surface area contributed by atoms with Crippen LogP contribution in [0.3, 0.4) is 0 Å². The molecular weight excluding hydrogens is 188 g/mol. The Morgan fingerprint density at radius 3 is 2.53 bits per heavy atom. The average Bonchev–Trinajstić information content (AvgIpc) is 2.80. The van der Waals surface area contributed by atoms with Gasteiger partial charge in [0.2, 0.25) is 0 Å². The van der Waals surface area contributed by atoms with Crippen LogP contribution in [0.5, 0.6) is 0 Å². The summed E-state index contributed by atoms with van der Waals surface area (Å²) in [5.74, 6) is 0.881. The molecule has 76 valence electrons. The van der Waals surface area contributed by atoms with E-state index in [4.69, 9.17) is 4.42 Å². The highest BCUT2D eigenvalue weighted by atomic mass is 16.3. The van der Waals surface area contributed by atoms with E-state index in [-0.39, 0.29) is 5.92 Å². The van der Waals surface area contributed by atoms with Gasteiger partial charge in [0.25, 0.3) is 0 Å². The minimum Gasteiger partial charge on any atom is -0.469 e. The lowest BCUT2D eigenvalue weighted by Crippen LogP contribution is -2.00. The molecule has 0 unspecified atom stereocenters. The lowest BCUT2D eigenvalue weighted by Gasteiger charge is -2.11. The highest BCUT2D eigenvalue weighted by molar-refractivity contribution is 5.53. The van der Waals surface area contributed by atoms with Crippen molar-refractivity contribution in [2.45, 2.75) is 12.3 Å². The van der Waals surface area contributed by atoms with Crippen molar-refractivity contribution in [3.05, 3.63) is 60.1 Å². The lowest BCUT2D eigenvalue weighted by atomic mass is 9.94. The average molecular weight is 200 g/mol. The number of rotatable bonds is 4. The zero-order valence-electron chi connectivity index (χ0n) is 8.30. The molecule has 0 aliphatic rings. The molecule has 0 saturated carbocycles. The van der Waals surface area contributed by atoms with Gasteiger partial charge in [-0.05, 0) is 17.7 Å². The SMILES string of the molecule is O=CC[C@H](c1ccccc1)c1ccco1. The van der Waals surface area contributed by atoms with Crippen molar-refractivity contribution < 1.29 is 9.21 Å². The van der Waals surface area contributed by atoms with Gasteiger partial charge in [0.05, 0.1) is 6.26 Å². The fourth-order valence-corrected chi connectivity index (χ4v) is 1.69. The quantitative estimate of drug-likeness (QED) is 0.710. The number of carbonyl (C=O) groups is 1. The molecule has 2 aromatic rings. The van der Waals surface area contributed by atoms with Crippen molar-refractivity contribution in [1.82, 2.24) is 0 Å². The number of furan rings is 1. The molecule has 15 heavy (non-hydrogen) atoms. The van der Waals surface area contributed by atoms with Crippen LogP contribution in [0.15, 0.2) is 53.1 Å².